The van der Waals surface area contributed by atoms with Crippen LogP contribution in [0.15, 0.2) is 83.9 Å². The number of carbonyl (C=O) groups is 1. The summed E-state index contributed by atoms with van der Waals surface area (Å²) in [5.41, 5.74) is 4.91. The molecule has 0 aliphatic carbocycles. The Labute approximate surface area is 177 Å². The van der Waals surface area contributed by atoms with Crippen molar-refractivity contribution in [3.63, 3.8) is 0 Å². The summed E-state index contributed by atoms with van der Waals surface area (Å²) in [5, 5.41) is 4.39. The number of imidazole rings is 1. The fourth-order valence-electron chi connectivity index (χ4n) is 3.89. The van der Waals surface area contributed by atoms with Gasteiger partial charge in [0.1, 0.15) is 6.54 Å². The quantitative estimate of drug-likeness (QED) is 0.413. The first-order chi connectivity index (χ1) is 15.2. The lowest BCUT2D eigenvalue weighted by Gasteiger charge is -2.05. The number of benzene rings is 2. The van der Waals surface area contributed by atoms with Crippen molar-refractivity contribution in [2.24, 2.45) is 0 Å². The predicted octanol–water partition coefficient (Wildman–Crippen LogP) is 3.67. The molecule has 7 heteroatoms. The Hall–Kier alpha value is -4.13. The monoisotopic (exact) mass is 412 g/mol. The summed E-state index contributed by atoms with van der Waals surface area (Å²) in [4.78, 5) is 25.3. The molecule has 0 aliphatic rings. The molecule has 3 heterocycles. The molecule has 0 bridgehead atoms. The molecule has 0 aliphatic heterocycles. The van der Waals surface area contributed by atoms with Gasteiger partial charge in [-0.2, -0.15) is 5.10 Å². The van der Waals surface area contributed by atoms with Crippen LogP contribution in [0.1, 0.15) is 6.92 Å². The summed E-state index contributed by atoms with van der Waals surface area (Å²) < 4.78 is 9.94. The number of para-hydroxylation sites is 2. The van der Waals surface area contributed by atoms with Crippen LogP contribution in [-0.2, 0) is 16.1 Å². The van der Waals surface area contributed by atoms with Crippen LogP contribution in [0, 0.1) is 0 Å². The summed E-state index contributed by atoms with van der Waals surface area (Å²) in [6, 6.07) is 21.1. The summed E-state index contributed by atoms with van der Waals surface area (Å²) in [6.07, 6.45) is 3.74. The number of hydrogen-bond acceptors (Lipinski definition) is 4. The van der Waals surface area contributed by atoms with Gasteiger partial charge < -0.3 is 4.74 Å². The summed E-state index contributed by atoms with van der Waals surface area (Å²) in [5.74, 6) is -0.434. The van der Waals surface area contributed by atoms with E-state index in [2.05, 4.69) is 5.10 Å². The van der Waals surface area contributed by atoms with Gasteiger partial charge in [-0.05, 0) is 48.9 Å². The number of rotatable bonds is 5. The standard InChI is InChI=1S/C24H20N4O3/c1-2-31-23(29)16-26-21-8-3-4-9-22(21)28(24(26)30)18-12-10-17(11-13-18)19-15-25-27-14-6-5-7-20(19)27/h3-15H,2,16H2,1H3. The number of pyridine rings is 1. The van der Waals surface area contributed by atoms with Gasteiger partial charge in [0.25, 0.3) is 0 Å². The molecule has 0 amide bonds. The van der Waals surface area contributed by atoms with Crippen LogP contribution in [0.2, 0.25) is 0 Å². The maximum atomic E-state index is 13.2. The van der Waals surface area contributed by atoms with E-state index in [0.29, 0.717) is 5.52 Å². The zero-order valence-corrected chi connectivity index (χ0v) is 16.9. The maximum Gasteiger partial charge on any atom is 0.334 e. The molecule has 2 aromatic carbocycles. The van der Waals surface area contributed by atoms with E-state index in [1.807, 2.05) is 83.6 Å². The van der Waals surface area contributed by atoms with Gasteiger partial charge >= 0.3 is 11.7 Å². The molecule has 5 rings (SSSR count). The van der Waals surface area contributed by atoms with Crippen LogP contribution in [-0.4, -0.2) is 31.3 Å². The fraction of sp³-hybridized carbons (Fsp3) is 0.125. The van der Waals surface area contributed by atoms with Crippen molar-refractivity contribution in [1.29, 1.82) is 0 Å². The molecule has 0 spiro atoms. The van der Waals surface area contributed by atoms with E-state index in [1.165, 1.54) is 4.57 Å². The van der Waals surface area contributed by atoms with Gasteiger partial charge in [-0.15, -0.1) is 0 Å². The topological polar surface area (TPSA) is 70.5 Å². The maximum absolute atomic E-state index is 13.2. The van der Waals surface area contributed by atoms with Gasteiger partial charge in [-0.25, -0.2) is 9.31 Å². The molecule has 3 aromatic heterocycles. The third kappa shape index (κ3) is 3.20. The lowest BCUT2D eigenvalue weighted by molar-refractivity contribution is -0.143. The first kappa shape index (κ1) is 18.9. The number of esters is 1. The highest BCUT2D eigenvalue weighted by Crippen LogP contribution is 2.26. The minimum absolute atomic E-state index is 0.124. The van der Waals surface area contributed by atoms with Crippen molar-refractivity contribution >= 4 is 22.5 Å². The third-order valence-electron chi connectivity index (χ3n) is 5.29. The molecule has 0 unspecified atom stereocenters. The second-order valence-electron chi connectivity index (χ2n) is 7.13. The number of aromatic nitrogens is 4. The van der Waals surface area contributed by atoms with Crippen molar-refractivity contribution in [3.05, 3.63) is 89.6 Å². The fourth-order valence-corrected chi connectivity index (χ4v) is 3.89. The van der Waals surface area contributed by atoms with Gasteiger partial charge in [-0.3, -0.25) is 13.9 Å². The van der Waals surface area contributed by atoms with E-state index < -0.39 is 5.97 Å². The lowest BCUT2D eigenvalue weighted by Crippen LogP contribution is -2.27. The number of fused-ring (bicyclic) bond motifs is 2. The average molecular weight is 412 g/mol. The van der Waals surface area contributed by atoms with Crippen LogP contribution >= 0.6 is 0 Å². The smallest absolute Gasteiger partial charge is 0.334 e. The summed E-state index contributed by atoms with van der Waals surface area (Å²) in [6.45, 7) is 1.90. The molecule has 0 N–H and O–H groups in total. The highest BCUT2D eigenvalue weighted by molar-refractivity contribution is 5.82. The molecule has 0 saturated heterocycles. The number of nitrogens with zero attached hydrogens (tertiary/aromatic N) is 4. The van der Waals surface area contributed by atoms with E-state index >= 15 is 0 Å². The molecular formula is C24H20N4O3. The Morgan fingerprint density at radius 3 is 2.42 bits per heavy atom. The molecular weight excluding hydrogens is 392 g/mol. The van der Waals surface area contributed by atoms with Crippen molar-refractivity contribution in [2.45, 2.75) is 13.5 Å². The zero-order valence-electron chi connectivity index (χ0n) is 16.9. The first-order valence-electron chi connectivity index (χ1n) is 10.1. The Balaban J connectivity index is 1.59. The van der Waals surface area contributed by atoms with E-state index in [1.54, 1.807) is 11.5 Å². The highest BCUT2D eigenvalue weighted by Gasteiger charge is 2.17. The largest absolute Gasteiger partial charge is 0.465 e. The molecule has 0 radical (unpaired) electrons. The molecule has 154 valence electrons. The first-order valence-corrected chi connectivity index (χ1v) is 10.1. The Morgan fingerprint density at radius 1 is 0.935 bits per heavy atom. The lowest BCUT2D eigenvalue weighted by atomic mass is 10.1. The van der Waals surface area contributed by atoms with E-state index in [9.17, 15) is 9.59 Å². The van der Waals surface area contributed by atoms with E-state index in [0.717, 1.165) is 27.8 Å². The molecule has 5 aromatic rings. The van der Waals surface area contributed by atoms with Crippen LogP contribution in [0.4, 0.5) is 0 Å². The van der Waals surface area contributed by atoms with Crippen LogP contribution in [0.5, 0.6) is 0 Å². The van der Waals surface area contributed by atoms with Gasteiger partial charge in [0.15, 0.2) is 0 Å². The minimum atomic E-state index is -0.434. The molecule has 31 heavy (non-hydrogen) atoms. The predicted molar refractivity (Wildman–Crippen MR) is 118 cm³/mol. The summed E-state index contributed by atoms with van der Waals surface area (Å²) in [7, 11) is 0. The summed E-state index contributed by atoms with van der Waals surface area (Å²) >= 11 is 0. The number of ether oxygens (including phenoxy) is 1. The molecule has 0 atom stereocenters. The number of carbonyl (C=O) groups excluding carboxylic acids is 1. The normalized spacial score (nSPS) is 11.3. The average Bonchev–Trinajstić information content (AvgIpc) is 3.34. The Bertz CT molecular complexity index is 1460. The molecule has 7 nitrogen and oxygen atoms in total. The number of hydrogen-bond donors (Lipinski definition) is 0. The second-order valence-corrected chi connectivity index (χ2v) is 7.13. The van der Waals surface area contributed by atoms with Crippen LogP contribution in [0.3, 0.4) is 0 Å². The van der Waals surface area contributed by atoms with Crippen molar-refractivity contribution in [3.8, 4) is 16.8 Å². The van der Waals surface area contributed by atoms with E-state index in [-0.39, 0.29) is 18.8 Å². The SMILES string of the molecule is CCOC(=O)Cn1c(=O)n(-c2ccc(-c3cnn4ccccc34)cc2)c2ccccc21. The van der Waals surface area contributed by atoms with Gasteiger partial charge in [0, 0.05) is 11.8 Å². The molecule has 0 fully saturated rings. The Morgan fingerprint density at radius 2 is 1.65 bits per heavy atom. The van der Waals surface area contributed by atoms with E-state index in [4.69, 9.17) is 4.74 Å². The van der Waals surface area contributed by atoms with Crippen molar-refractivity contribution in [2.75, 3.05) is 6.61 Å². The second kappa shape index (κ2) is 7.60. The van der Waals surface area contributed by atoms with Crippen LogP contribution in [0.25, 0.3) is 33.4 Å². The highest BCUT2D eigenvalue weighted by atomic mass is 16.5. The third-order valence-corrected chi connectivity index (χ3v) is 5.29. The van der Waals surface area contributed by atoms with Crippen molar-refractivity contribution < 1.29 is 9.53 Å². The van der Waals surface area contributed by atoms with Crippen LogP contribution < -0.4 is 5.69 Å². The van der Waals surface area contributed by atoms with Gasteiger partial charge in [0.05, 0.1) is 35.0 Å². The zero-order chi connectivity index (χ0) is 21.4. The van der Waals surface area contributed by atoms with Gasteiger partial charge in [-0.1, -0.05) is 30.3 Å². The Kier molecular flexibility index (Phi) is 4.63. The minimum Gasteiger partial charge on any atom is -0.465 e. The molecule has 0 saturated carbocycles. The van der Waals surface area contributed by atoms with Gasteiger partial charge in [0.2, 0.25) is 0 Å². The van der Waals surface area contributed by atoms with Crippen molar-refractivity contribution in [1.82, 2.24) is 18.7 Å².